The van der Waals surface area contributed by atoms with E-state index in [1.165, 1.54) is 4.90 Å². The highest BCUT2D eigenvalue weighted by Crippen LogP contribution is 2.36. The third-order valence-corrected chi connectivity index (χ3v) is 6.85. The van der Waals surface area contributed by atoms with Crippen molar-refractivity contribution in [3.05, 3.63) is 59.2 Å². The van der Waals surface area contributed by atoms with Crippen LogP contribution in [0.4, 0.5) is 4.79 Å². The maximum atomic E-state index is 12.6. The van der Waals surface area contributed by atoms with Crippen molar-refractivity contribution in [3.63, 3.8) is 0 Å². The van der Waals surface area contributed by atoms with Crippen molar-refractivity contribution >= 4 is 17.8 Å². The molecule has 31 heavy (non-hydrogen) atoms. The van der Waals surface area contributed by atoms with Crippen LogP contribution in [0.1, 0.15) is 47.2 Å². The lowest BCUT2D eigenvalue weighted by molar-refractivity contribution is -0.125. The number of nitrogens with zero attached hydrogens (tertiary/aromatic N) is 3. The Kier molecular flexibility index (Phi) is 4.16. The summed E-state index contributed by atoms with van der Waals surface area (Å²) in [5.74, 6) is 0.590. The van der Waals surface area contributed by atoms with Crippen LogP contribution in [0.15, 0.2) is 42.5 Å². The number of benzene rings is 2. The van der Waals surface area contributed by atoms with Crippen molar-refractivity contribution in [1.29, 1.82) is 0 Å². The molecule has 2 aromatic rings. The van der Waals surface area contributed by atoms with Gasteiger partial charge in [-0.3, -0.25) is 14.5 Å². The van der Waals surface area contributed by atoms with Gasteiger partial charge in [-0.05, 0) is 66.0 Å². The molecule has 2 heterocycles. The van der Waals surface area contributed by atoms with Crippen LogP contribution in [0, 0.1) is 5.92 Å². The summed E-state index contributed by atoms with van der Waals surface area (Å²) in [5, 5.41) is 0. The number of rotatable bonds is 6. The molecule has 2 saturated carbocycles. The quantitative estimate of drug-likeness (QED) is 0.677. The lowest BCUT2D eigenvalue weighted by Crippen LogP contribution is -2.34. The van der Waals surface area contributed by atoms with E-state index in [-0.39, 0.29) is 24.4 Å². The number of hydrogen-bond donors (Lipinski definition) is 0. The summed E-state index contributed by atoms with van der Waals surface area (Å²) in [6.45, 7) is 1.91. The summed E-state index contributed by atoms with van der Waals surface area (Å²) in [6.07, 6.45) is 4.48. The topological polar surface area (TPSA) is 60.9 Å². The second-order valence-corrected chi connectivity index (χ2v) is 9.32. The van der Waals surface area contributed by atoms with Gasteiger partial charge in [-0.2, -0.15) is 0 Å². The maximum Gasteiger partial charge on any atom is 0.327 e. The third-order valence-electron chi connectivity index (χ3n) is 6.85. The van der Waals surface area contributed by atoms with Crippen molar-refractivity contribution in [2.45, 2.75) is 44.8 Å². The number of carbonyl (C=O) groups excluding carboxylic acids is 3. The van der Waals surface area contributed by atoms with Crippen LogP contribution >= 0.6 is 0 Å². The molecular formula is C25H25N3O3. The van der Waals surface area contributed by atoms with Gasteiger partial charge in [-0.1, -0.05) is 30.3 Å². The molecule has 0 atom stereocenters. The van der Waals surface area contributed by atoms with Crippen LogP contribution in [-0.2, 0) is 17.9 Å². The highest BCUT2D eigenvalue weighted by Gasteiger charge is 2.39. The van der Waals surface area contributed by atoms with Gasteiger partial charge in [-0.15, -0.1) is 0 Å². The van der Waals surface area contributed by atoms with Crippen LogP contribution < -0.4 is 0 Å². The van der Waals surface area contributed by atoms with E-state index in [2.05, 4.69) is 18.2 Å². The average Bonchev–Trinajstić information content (AvgIpc) is 3.70. The first-order chi connectivity index (χ1) is 15.1. The lowest BCUT2D eigenvalue weighted by Gasteiger charge is -2.17. The van der Waals surface area contributed by atoms with Crippen molar-refractivity contribution in [3.8, 4) is 11.1 Å². The van der Waals surface area contributed by atoms with E-state index in [4.69, 9.17) is 0 Å². The van der Waals surface area contributed by atoms with Crippen LogP contribution in [0.3, 0.4) is 0 Å². The minimum atomic E-state index is -0.163. The molecule has 1 saturated heterocycles. The van der Waals surface area contributed by atoms with Gasteiger partial charge in [0, 0.05) is 31.2 Å². The van der Waals surface area contributed by atoms with E-state index >= 15 is 0 Å². The minimum absolute atomic E-state index is 0.0820. The highest BCUT2D eigenvalue weighted by atomic mass is 16.2. The summed E-state index contributed by atoms with van der Waals surface area (Å²) in [6, 6.07) is 14.5. The van der Waals surface area contributed by atoms with Gasteiger partial charge < -0.3 is 9.80 Å². The van der Waals surface area contributed by atoms with Gasteiger partial charge in [-0.25, -0.2) is 4.79 Å². The highest BCUT2D eigenvalue weighted by molar-refractivity contribution is 6.02. The fraction of sp³-hybridized carbons (Fsp3) is 0.400. The Morgan fingerprint density at radius 1 is 0.839 bits per heavy atom. The van der Waals surface area contributed by atoms with Gasteiger partial charge in [0.05, 0.1) is 0 Å². The van der Waals surface area contributed by atoms with E-state index in [1.807, 2.05) is 29.2 Å². The van der Waals surface area contributed by atoms with Crippen molar-refractivity contribution in [1.82, 2.24) is 14.7 Å². The molecule has 0 spiro atoms. The first kappa shape index (κ1) is 18.6. The molecule has 0 N–H and O–H groups in total. The summed E-state index contributed by atoms with van der Waals surface area (Å²) in [7, 11) is 0. The Hall–Kier alpha value is -3.15. The molecule has 3 fully saturated rings. The SMILES string of the molecule is O=C1CN(Cc2ccc(-c3ccc4c(c3)CN(C3CC3)C4=O)cc2)C(=O)N1CC1CC1. The molecule has 6 heteroatoms. The van der Waals surface area contributed by atoms with E-state index in [9.17, 15) is 14.4 Å². The fourth-order valence-electron chi connectivity index (χ4n) is 4.68. The molecule has 158 valence electrons. The molecule has 4 aliphatic rings. The first-order valence-electron chi connectivity index (χ1n) is 11.2. The fourth-order valence-corrected chi connectivity index (χ4v) is 4.68. The smallest absolute Gasteiger partial charge is 0.327 e. The second kappa shape index (κ2) is 6.94. The monoisotopic (exact) mass is 415 g/mol. The molecule has 6 nitrogen and oxygen atoms in total. The van der Waals surface area contributed by atoms with E-state index in [0.717, 1.165) is 53.5 Å². The van der Waals surface area contributed by atoms with E-state index in [1.54, 1.807) is 4.90 Å². The number of imide groups is 1. The lowest BCUT2D eigenvalue weighted by atomic mass is 9.99. The standard InChI is InChI=1S/C25H25N3O3/c29-23-15-26(25(31)28(23)13-17-1-2-17)12-16-3-5-18(6-4-16)19-7-10-22-20(11-19)14-27(24(22)30)21-8-9-21/h3-7,10-11,17,21H,1-2,8-9,12-15H2. The summed E-state index contributed by atoms with van der Waals surface area (Å²) in [4.78, 5) is 42.4. The van der Waals surface area contributed by atoms with Gasteiger partial charge >= 0.3 is 6.03 Å². The largest absolute Gasteiger partial charge is 0.331 e. The summed E-state index contributed by atoms with van der Waals surface area (Å²) < 4.78 is 0. The zero-order chi connectivity index (χ0) is 21.1. The van der Waals surface area contributed by atoms with Crippen LogP contribution in [-0.4, -0.2) is 51.7 Å². The second-order valence-electron chi connectivity index (χ2n) is 9.32. The van der Waals surface area contributed by atoms with E-state index in [0.29, 0.717) is 31.6 Å². The Bertz CT molecular complexity index is 1090. The molecule has 0 bridgehead atoms. The molecule has 2 aliphatic heterocycles. The minimum Gasteiger partial charge on any atom is -0.331 e. The third kappa shape index (κ3) is 3.40. The Balaban J connectivity index is 1.15. The molecular weight excluding hydrogens is 390 g/mol. The molecule has 0 aromatic heterocycles. The Morgan fingerprint density at radius 2 is 1.58 bits per heavy atom. The Morgan fingerprint density at radius 3 is 2.29 bits per heavy atom. The molecule has 0 radical (unpaired) electrons. The first-order valence-corrected chi connectivity index (χ1v) is 11.2. The van der Waals surface area contributed by atoms with Gasteiger partial charge in [0.2, 0.25) is 5.91 Å². The van der Waals surface area contributed by atoms with Crippen molar-refractivity contribution < 1.29 is 14.4 Å². The zero-order valence-electron chi connectivity index (χ0n) is 17.4. The van der Waals surface area contributed by atoms with Gasteiger partial charge in [0.1, 0.15) is 6.54 Å². The number of amides is 4. The number of urea groups is 1. The Labute approximate surface area is 181 Å². The number of carbonyl (C=O) groups is 3. The predicted molar refractivity (Wildman–Crippen MR) is 115 cm³/mol. The molecule has 2 aromatic carbocycles. The predicted octanol–water partition coefficient (Wildman–Crippen LogP) is 3.65. The van der Waals surface area contributed by atoms with Gasteiger partial charge in [0.15, 0.2) is 0 Å². The maximum absolute atomic E-state index is 12.6. The van der Waals surface area contributed by atoms with E-state index < -0.39 is 0 Å². The van der Waals surface area contributed by atoms with Crippen LogP contribution in [0.5, 0.6) is 0 Å². The zero-order valence-corrected chi connectivity index (χ0v) is 17.4. The average molecular weight is 415 g/mol. The molecule has 0 unspecified atom stereocenters. The number of hydrogen-bond acceptors (Lipinski definition) is 3. The van der Waals surface area contributed by atoms with Crippen molar-refractivity contribution in [2.75, 3.05) is 13.1 Å². The van der Waals surface area contributed by atoms with Crippen molar-refractivity contribution in [2.24, 2.45) is 5.92 Å². The molecule has 2 aliphatic carbocycles. The van der Waals surface area contributed by atoms with Gasteiger partial charge in [0.25, 0.3) is 5.91 Å². The van der Waals surface area contributed by atoms with Crippen LogP contribution in [0.2, 0.25) is 0 Å². The molecule has 6 rings (SSSR count). The number of fused-ring (bicyclic) bond motifs is 1. The van der Waals surface area contributed by atoms with Crippen LogP contribution in [0.25, 0.3) is 11.1 Å². The molecule has 4 amide bonds. The normalized spacial score (nSPS) is 20.8. The summed E-state index contributed by atoms with van der Waals surface area (Å²) in [5.41, 5.74) is 5.13. The summed E-state index contributed by atoms with van der Waals surface area (Å²) >= 11 is 0.